The maximum absolute atomic E-state index is 12.9. The molecule has 1 aliphatic carbocycles. The molecule has 4 aromatic rings. The smallest absolute Gasteiger partial charge is 0.269 e. The zero-order chi connectivity index (χ0) is 25.1. The Bertz CT molecular complexity index is 1410. The normalized spacial score (nSPS) is 12.7. The van der Waals surface area contributed by atoms with Crippen molar-refractivity contribution in [2.24, 2.45) is 5.92 Å². The van der Waals surface area contributed by atoms with E-state index in [1.165, 1.54) is 12.1 Å². The zero-order valence-electron chi connectivity index (χ0n) is 19.3. The molecule has 0 saturated heterocycles. The van der Waals surface area contributed by atoms with Crippen molar-refractivity contribution in [1.29, 1.82) is 0 Å². The first-order valence-electron chi connectivity index (χ1n) is 11.6. The van der Waals surface area contributed by atoms with Crippen LogP contribution in [-0.2, 0) is 16.0 Å². The Balaban J connectivity index is 1.34. The molecule has 0 radical (unpaired) electrons. The first-order valence-corrected chi connectivity index (χ1v) is 11.6. The highest BCUT2D eigenvalue weighted by molar-refractivity contribution is 5.95. The number of non-ortho nitro benzene ring substituents is 1. The lowest BCUT2D eigenvalue weighted by atomic mass is 10.1. The van der Waals surface area contributed by atoms with Crippen LogP contribution in [0.15, 0.2) is 85.1 Å². The number of anilines is 2. The molecule has 1 fully saturated rings. The number of para-hydroxylation sites is 1. The van der Waals surface area contributed by atoms with Gasteiger partial charge < -0.3 is 10.6 Å². The average Bonchev–Trinajstić information content (AvgIpc) is 3.66. The van der Waals surface area contributed by atoms with Crippen molar-refractivity contribution in [3.63, 3.8) is 0 Å². The van der Waals surface area contributed by atoms with E-state index in [-0.39, 0.29) is 29.8 Å². The average molecular weight is 482 g/mol. The summed E-state index contributed by atoms with van der Waals surface area (Å²) in [5.41, 5.74) is 4.04. The fraction of sp³-hybridized carbons (Fsp3) is 0.148. The highest BCUT2D eigenvalue weighted by Crippen LogP contribution is 2.30. The van der Waals surface area contributed by atoms with Gasteiger partial charge in [0, 0.05) is 46.7 Å². The predicted octanol–water partition coefficient (Wildman–Crippen LogP) is 4.98. The molecule has 5 rings (SSSR count). The van der Waals surface area contributed by atoms with Crippen LogP contribution in [0.1, 0.15) is 18.4 Å². The van der Waals surface area contributed by atoms with Gasteiger partial charge in [0.15, 0.2) is 0 Å². The van der Waals surface area contributed by atoms with E-state index in [4.69, 9.17) is 0 Å². The number of nitrogens with one attached hydrogen (secondary N) is 2. The molecule has 36 heavy (non-hydrogen) atoms. The van der Waals surface area contributed by atoms with Crippen LogP contribution in [0.3, 0.4) is 0 Å². The van der Waals surface area contributed by atoms with Crippen molar-refractivity contribution in [1.82, 2.24) is 9.78 Å². The number of carbonyl (C=O) groups is 2. The summed E-state index contributed by atoms with van der Waals surface area (Å²) < 4.78 is 1.69. The standard InChI is InChI=1S/C27H23N5O4/c33-25(28-21-10-12-22(13-11-21)29-27(34)19-6-7-19)16-20-17-31(23-4-2-1-3-5-23)30-26(20)18-8-14-24(15-9-18)32(35)36/h1-5,8-15,17,19H,6-7,16H2,(H,28,33)(H,29,34). The Labute approximate surface area is 206 Å². The summed E-state index contributed by atoms with van der Waals surface area (Å²) in [6.45, 7) is 0. The summed E-state index contributed by atoms with van der Waals surface area (Å²) in [7, 11) is 0. The van der Waals surface area contributed by atoms with Crippen LogP contribution in [-0.4, -0.2) is 26.5 Å². The maximum Gasteiger partial charge on any atom is 0.269 e. The van der Waals surface area contributed by atoms with Crippen LogP contribution in [0.25, 0.3) is 16.9 Å². The molecule has 180 valence electrons. The van der Waals surface area contributed by atoms with Crippen molar-refractivity contribution in [3.05, 3.63) is 101 Å². The van der Waals surface area contributed by atoms with Crippen LogP contribution in [0, 0.1) is 16.0 Å². The number of nitro groups is 1. The van der Waals surface area contributed by atoms with Gasteiger partial charge in [-0.25, -0.2) is 4.68 Å². The van der Waals surface area contributed by atoms with Gasteiger partial charge >= 0.3 is 0 Å². The minimum atomic E-state index is -0.455. The van der Waals surface area contributed by atoms with Crippen LogP contribution in [0.5, 0.6) is 0 Å². The quantitative estimate of drug-likeness (QED) is 0.272. The van der Waals surface area contributed by atoms with E-state index in [0.717, 1.165) is 18.5 Å². The SMILES string of the molecule is O=C(Cc1cn(-c2ccccc2)nc1-c1ccc([N+](=O)[O-])cc1)Nc1ccc(NC(=O)C2CC2)cc1. The summed E-state index contributed by atoms with van der Waals surface area (Å²) in [6.07, 6.45) is 3.72. The van der Waals surface area contributed by atoms with Gasteiger partial charge in [0.1, 0.15) is 0 Å². The molecule has 1 saturated carbocycles. The van der Waals surface area contributed by atoms with Crippen molar-refractivity contribution < 1.29 is 14.5 Å². The number of aromatic nitrogens is 2. The van der Waals surface area contributed by atoms with Gasteiger partial charge in [-0.15, -0.1) is 0 Å². The third kappa shape index (κ3) is 5.30. The van der Waals surface area contributed by atoms with Gasteiger partial charge in [-0.05, 0) is 61.4 Å². The van der Waals surface area contributed by atoms with Crippen molar-refractivity contribution >= 4 is 28.9 Å². The molecule has 0 atom stereocenters. The molecule has 9 heteroatoms. The second kappa shape index (κ2) is 9.83. The van der Waals surface area contributed by atoms with E-state index < -0.39 is 4.92 Å². The molecule has 0 bridgehead atoms. The Morgan fingerprint density at radius 3 is 2.17 bits per heavy atom. The molecule has 2 amide bonds. The maximum atomic E-state index is 12.9. The van der Waals surface area contributed by atoms with E-state index in [2.05, 4.69) is 15.7 Å². The molecular weight excluding hydrogens is 458 g/mol. The second-order valence-electron chi connectivity index (χ2n) is 8.65. The highest BCUT2D eigenvalue weighted by atomic mass is 16.6. The molecule has 2 N–H and O–H groups in total. The molecule has 1 heterocycles. The third-order valence-corrected chi connectivity index (χ3v) is 5.90. The summed E-state index contributed by atoms with van der Waals surface area (Å²) in [6, 6.07) is 22.6. The molecule has 3 aromatic carbocycles. The monoisotopic (exact) mass is 481 g/mol. The molecule has 1 aromatic heterocycles. The topological polar surface area (TPSA) is 119 Å². The number of nitrogens with zero attached hydrogens (tertiary/aromatic N) is 3. The molecule has 9 nitrogen and oxygen atoms in total. The number of amides is 2. The van der Waals surface area contributed by atoms with Crippen LogP contribution in [0.4, 0.5) is 17.1 Å². The lowest BCUT2D eigenvalue weighted by molar-refractivity contribution is -0.384. The van der Waals surface area contributed by atoms with Gasteiger partial charge in [0.2, 0.25) is 11.8 Å². The lowest BCUT2D eigenvalue weighted by Gasteiger charge is -2.08. The molecule has 0 spiro atoms. The number of benzene rings is 3. The summed E-state index contributed by atoms with van der Waals surface area (Å²) in [5, 5.41) is 21.5. The fourth-order valence-electron chi connectivity index (χ4n) is 3.84. The minimum Gasteiger partial charge on any atom is -0.326 e. The summed E-state index contributed by atoms with van der Waals surface area (Å²) in [4.78, 5) is 35.4. The number of hydrogen-bond acceptors (Lipinski definition) is 5. The first-order chi connectivity index (χ1) is 17.5. The van der Waals surface area contributed by atoms with Crippen molar-refractivity contribution in [2.75, 3.05) is 10.6 Å². The first kappa shape index (κ1) is 23.0. The van der Waals surface area contributed by atoms with E-state index in [1.807, 2.05) is 30.3 Å². The van der Waals surface area contributed by atoms with Crippen LogP contribution < -0.4 is 10.6 Å². The van der Waals surface area contributed by atoms with Crippen molar-refractivity contribution in [3.8, 4) is 16.9 Å². The fourth-order valence-corrected chi connectivity index (χ4v) is 3.84. The number of rotatable bonds is 8. The Morgan fingerprint density at radius 1 is 0.917 bits per heavy atom. The van der Waals surface area contributed by atoms with E-state index in [0.29, 0.717) is 28.2 Å². The number of nitro benzene ring substituents is 1. The molecular formula is C27H23N5O4. The Morgan fingerprint density at radius 2 is 1.56 bits per heavy atom. The lowest BCUT2D eigenvalue weighted by Crippen LogP contribution is -2.15. The molecule has 0 unspecified atom stereocenters. The highest BCUT2D eigenvalue weighted by Gasteiger charge is 2.29. The molecule has 1 aliphatic rings. The molecule has 0 aliphatic heterocycles. The Kier molecular flexibility index (Phi) is 6.27. The summed E-state index contributed by atoms with van der Waals surface area (Å²) in [5.74, 6) is -0.0901. The summed E-state index contributed by atoms with van der Waals surface area (Å²) >= 11 is 0. The van der Waals surface area contributed by atoms with Gasteiger partial charge in [-0.3, -0.25) is 19.7 Å². The van der Waals surface area contributed by atoms with Crippen LogP contribution >= 0.6 is 0 Å². The number of carbonyl (C=O) groups excluding carboxylic acids is 2. The van der Waals surface area contributed by atoms with Crippen molar-refractivity contribution in [2.45, 2.75) is 19.3 Å². The van der Waals surface area contributed by atoms with Gasteiger partial charge in [-0.2, -0.15) is 5.10 Å². The second-order valence-corrected chi connectivity index (χ2v) is 8.65. The van der Waals surface area contributed by atoms with E-state index in [1.54, 1.807) is 47.3 Å². The van der Waals surface area contributed by atoms with E-state index >= 15 is 0 Å². The van der Waals surface area contributed by atoms with Gasteiger partial charge in [0.25, 0.3) is 5.69 Å². The Hall–Kier alpha value is -4.79. The van der Waals surface area contributed by atoms with Crippen LogP contribution in [0.2, 0.25) is 0 Å². The van der Waals surface area contributed by atoms with Gasteiger partial charge in [0.05, 0.1) is 22.7 Å². The minimum absolute atomic E-state index is 0.0164. The largest absolute Gasteiger partial charge is 0.326 e. The number of hydrogen-bond donors (Lipinski definition) is 2. The predicted molar refractivity (Wildman–Crippen MR) is 136 cm³/mol. The third-order valence-electron chi connectivity index (χ3n) is 5.90. The van der Waals surface area contributed by atoms with E-state index in [9.17, 15) is 19.7 Å². The zero-order valence-corrected chi connectivity index (χ0v) is 19.3. The van der Waals surface area contributed by atoms with Gasteiger partial charge in [-0.1, -0.05) is 18.2 Å².